The van der Waals surface area contributed by atoms with Crippen molar-refractivity contribution in [1.82, 2.24) is 5.48 Å². The molecule has 1 atom stereocenters. The van der Waals surface area contributed by atoms with Gasteiger partial charge in [0.15, 0.2) is 6.10 Å². The molecule has 0 saturated heterocycles. The van der Waals surface area contributed by atoms with Crippen LogP contribution in [-0.4, -0.2) is 12.0 Å². The van der Waals surface area contributed by atoms with E-state index < -0.39 is 12.0 Å². The van der Waals surface area contributed by atoms with Gasteiger partial charge in [-0.15, -0.1) is 0 Å². The van der Waals surface area contributed by atoms with E-state index in [9.17, 15) is 9.18 Å². The average Bonchev–Trinajstić information content (AvgIpc) is 2.54. The van der Waals surface area contributed by atoms with Crippen molar-refractivity contribution in [3.63, 3.8) is 0 Å². The van der Waals surface area contributed by atoms with Crippen LogP contribution >= 0.6 is 0 Å². The normalized spacial score (nSPS) is 11.9. The zero-order valence-electron chi connectivity index (χ0n) is 12.8. The molecular weight excluding hydrogens is 299 g/mol. The highest BCUT2D eigenvalue weighted by atomic mass is 19.1. The highest BCUT2D eigenvalue weighted by Crippen LogP contribution is 2.14. The van der Waals surface area contributed by atoms with Crippen molar-refractivity contribution in [3.05, 3.63) is 65.5 Å². The monoisotopic (exact) mass is 318 g/mol. The Morgan fingerprint density at radius 2 is 1.96 bits per heavy atom. The second-order valence-corrected chi connectivity index (χ2v) is 5.05. The van der Waals surface area contributed by atoms with Gasteiger partial charge in [-0.2, -0.15) is 5.48 Å². The van der Waals surface area contributed by atoms with Gasteiger partial charge in [0.2, 0.25) is 5.91 Å². The molecule has 122 valence electrons. The van der Waals surface area contributed by atoms with E-state index in [1.807, 2.05) is 24.3 Å². The van der Waals surface area contributed by atoms with E-state index in [-0.39, 0.29) is 5.82 Å². The Labute approximate surface area is 134 Å². The summed E-state index contributed by atoms with van der Waals surface area (Å²) in [5, 5.41) is 0. The van der Waals surface area contributed by atoms with Crippen molar-refractivity contribution in [1.29, 1.82) is 0 Å². The fourth-order valence-corrected chi connectivity index (χ4v) is 1.81. The Bertz CT molecular complexity index is 647. The molecule has 0 radical (unpaired) electrons. The standard InChI is InChI=1S/C17H19FN2O3/c1-12(17(19)21)23-20-10-13-5-7-16(8-6-13)22-11-14-3-2-4-15(18)9-14/h2-9,12,20H,10-11H2,1H3,(H2,19,21). The van der Waals surface area contributed by atoms with Crippen molar-refractivity contribution in [2.45, 2.75) is 26.2 Å². The molecular formula is C17H19FN2O3. The molecule has 0 aliphatic rings. The van der Waals surface area contributed by atoms with Crippen LogP contribution in [0, 0.1) is 5.82 Å². The van der Waals surface area contributed by atoms with Gasteiger partial charge in [0, 0.05) is 6.54 Å². The average molecular weight is 318 g/mol. The van der Waals surface area contributed by atoms with Crippen LogP contribution in [0.5, 0.6) is 5.75 Å². The Morgan fingerprint density at radius 3 is 2.61 bits per heavy atom. The van der Waals surface area contributed by atoms with Gasteiger partial charge in [0.05, 0.1) is 0 Å². The van der Waals surface area contributed by atoms with Crippen LogP contribution in [0.25, 0.3) is 0 Å². The van der Waals surface area contributed by atoms with E-state index in [4.69, 9.17) is 15.3 Å². The summed E-state index contributed by atoms with van der Waals surface area (Å²) in [4.78, 5) is 15.9. The number of nitrogens with one attached hydrogen (secondary N) is 1. The molecule has 23 heavy (non-hydrogen) atoms. The molecule has 0 saturated carbocycles. The summed E-state index contributed by atoms with van der Waals surface area (Å²) >= 11 is 0. The lowest BCUT2D eigenvalue weighted by Gasteiger charge is -2.11. The molecule has 0 aromatic heterocycles. The third-order valence-electron chi connectivity index (χ3n) is 3.15. The molecule has 3 N–H and O–H groups in total. The van der Waals surface area contributed by atoms with Crippen LogP contribution in [0.4, 0.5) is 4.39 Å². The van der Waals surface area contributed by atoms with E-state index in [0.717, 1.165) is 11.1 Å². The maximum atomic E-state index is 13.1. The van der Waals surface area contributed by atoms with Crippen LogP contribution in [0.15, 0.2) is 48.5 Å². The number of carbonyl (C=O) groups is 1. The van der Waals surface area contributed by atoms with Crippen molar-refractivity contribution < 1.29 is 18.8 Å². The lowest BCUT2D eigenvalue weighted by atomic mass is 10.2. The first-order valence-electron chi connectivity index (χ1n) is 7.18. The molecule has 2 rings (SSSR count). The minimum Gasteiger partial charge on any atom is -0.489 e. The number of rotatable bonds is 8. The summed E-state index contributed by atoms with van der Waals surface area (Å²) in [5.41, 5.74) is 9.49. The van der Waals surface area contributed by atoms with Gasteiger partial charge in [0.25, 0.3) is 0 Å². The van der Waals surface area contributed by atoms with Crippen LogP contribution in [0.2, 0.25) is 0 Å². The zero-order valence-corrected chi connectivity index (χ0v) is 12.8. The quantitative estimate of drug-likeness (QED) is 0.733. The van der Waals surface area contributed by atoms with Gasteiger partial charge in [-0.25, -0.2) is 4.39 Å². The number of benzene rings is 2. The predicted octanol–water partition coefficient (Wildman–Crippen LogP) is 2.30. The van der Waals surface area contributed by atoms with E-state index in [0.29, 0.717) is 18.9 Å². The van der Waals surface area contributed by atoms with Gasteiger partial charge in [-0.05, 0) is 42.3 Å². The van der Waals surface area contributed by atoms with Crippen molar-refractivity contribution in [3.8, 4) is 5.75 Å². The summed E-state index contributed by atoms with van der Waals surface area (Å²) in [5.74, 6) is -0.124. The fourth-order valence-electron chi connectivity index (χ4n) is 1.81. The molecule has 1 amide bonds. The first-order valence-corrected chi connectivity index (χ1v) is 7.18. The third kappa shape index (κ3) is 5.69. The van der Waals surface area contributed by atoms with Gasteiger partial charge in [0.1, 0.15) is 18.2 Å². The Kier molecular flexibility index (Phi) is 6.08. The number of amides is 1. The molecule has 0 bridgehead atoms. The maximum Gasteiger partial charge on any atom is 0.248 e. The number of hydroxylamine groups is 1. The topological polar surface area (TPSA) is 73.6 Å². The van der Waals surface area contributed by atoms with Crippen molar-refractivity contribution in [2.75, 3.05) is 0 Å². The largest absolute Gasteiger partial charge is 0.489 e. The first kappa shape index (κ1) is 16.9. The number of halogens is 1. The zero-order chi connectivity index (χ0) is 16.7. The van der Waals surface area contributed by atoms with Gasteiger partial charge in [-0.1, -0.05) is 24.3 Å². The van der Waals surface area contributed by atoms with E-state index in [2.05, 4.69) is 5.48 Å². The summed E-state index contributed by atoms with van der Waals surface area (Å²) in [6.07, 6.45) is -0.691. The highest BCUT2D eigenvalue weighted by molar-refractivity contribution is 5.78. The lowest BCUT2D eigenvalue weighted by molar-refractivity contribution is -0.133. The number of hydrogen-bond donors (Lipinski definition) is 2. The summed E-state index contributed by atoms with van der Waals surface area (Å²) in [6, 6.07) is 13.6. The molecule has 0 heterocycles. The summed E-state index contributed by atoms with van der Waals surface area (Å²) < 4.78 is 18.7. The third-order valence-corrected chi connectivity index (χ3v) is 3.15. The number of nitrogens with two attached hydrogens (primary N) is 1. The SMILES string of the molecule is CC(ONCc1ccc(OCc2cccc(F)c2)cc1)C(N)=O. The molecule has 0 aliphatic carbocycles. The molecule has 2 aromatic carbocycles. The minimum atomic E-state index is -0.691. The highest BCUT2D eigenvalue weighted by Gasteiger charge is 2.08. The maximum absolute atomic E-state index is 13.1. The second kappa shape index (κ2) is 8.26. The van der Waals surface area contributed by atoms with E-state index in [1.165, 1.54) is 12.1 Å². The van der Waals surface area contributed by atoms with Crippen LogP contribution in [0.3, 0.4) is 0 Å². The molecule has 5 nitrogen and oxygen atoms in total. The minimum absolute atomic E-state index is 0.280. The van der Waals surface area contributed by atoms with Crippen LogP contribution < -0.4 is 16.0 Å². The molecule has 6 heteroatoms. The number of carbonyl (C=O) groups excluding carboxylic acids is 1. The first-order chi connectivity index (χ1) is 11.0. The lowest BCUT2D eigenvalue weighted by Crippen LogP contribution is -2.33. The fraction of sp³-hybridized carbons (Fsp3) is 0.235. The summed E-state index contributed by atoms with van der Waals surface area (Å²) in [6.45, 7) is 2.30. The Balaban J connectivity index is 1.79. The molecule has 1 unspecified atom stereocenters. The summed E-state index contributed by atoms with van der Waals surface area (Å²) in [7, 11) is 0. The number of ether oxygens (including phenoxy) is 1. The molecule has 0 spiro atoms. The van der Waals surface area contributed by atoms with Gasteiger partial charge >= 0.3 is 0 Å². The Morgan fingerprint density at radius 1 is 1.22 bits per heavy atom. The molecule has 0 fully saturated rings. The van der Waals surface area contributed by atoms with Crippen LogP contribution in [-0.2, 0) is 22.8 Å². The van der Waals surface area contributed by atoms with Gasteiger partial charge < -0.3 is 10.5 Å². The predicted molar refractivity (Wildman–Crippen MR) is 83.8 cm³/mol. The Hall–Kier alpha value is -2.44. The van der Waals surface area contributed by atoms with E-state index in [1.54, 1.807) is 19.1 Å². The molecule has 0 aliphatic heterocycles. The van der Waals surface area contributed by atoms with Crippen molar-refractivity contribution >= 4 is 5.91 Å². The van der Waals surface area contributed by atoms with E-state index >= 15 is 0 Å². The second-order valence-electron chi connectivity index (χ2n) is 5.05. The smallest absolute Gasteiger partial charge is 0.248 e. The molecule has 2 aromatic rings. The van der Waals surface area contributed by atoms with Gasteiger partial charge in [-0.3, -0.25) is 9.63 Å². The van der Waals surface area contributed by atoms with Crippen molar-refractivity contribution in [2.24, 2.45) is 5.73 Å². The number of primary amides is 1. The van der Waals surface area contributed by atoms with Crippen LogP contribution in [0.1, 0.15) is 18.1 Å². The number of hydrogen-bond acceptors (Lipinski definition) is 4.